The number of likely N-dealkylation sites (N-methyl/N-ethyl adjacent to an activating group) is 1. The van der Waals surface area contributed by atoms with Crippen LogP contribution in [0, 0.1) is 0 Å². The Labute approximate surface area is 123 Å². The van der Waals surface area contributed by atoms with Crippen LogP contribution in [0.25, 0.3) is 0 Å². The molecule has 0 unspecified atom stereocenters. The Bertz CT molecular complexity index is 501. The van der Waals surface area contributed by atoms with Gasteiger partial charge in [0.05, 0.1) is 0 Å². The highest BCUT2D eigenvalue weighted by Crippen LogP contribution is 2.22. The first kappa shape index (κ1) is 16.8. The first-order chi connectivity index (χ1) is 9.97. The van der Waals surface area contributed by atoms with Crippen LogP contribution in [0.2, 0.25) is 0 Å². The summed E-state index contributed by atoms with van der Waals surface area (Å²) in [5.74, 6) is -0.589. The highest BCUT2D eigenvalue weighted by atomic mass is 16.6. The van der Waals surface area contributed by atoms with Crippen molar-refractivity contribution >= 4 is 17.7 Å². The number of carbonyl (C=O) groups is 2. The summed E-state index contributed by atoms with van der Waals surface area (Å²) in [7, 11) is 0. The first-order valence-corrected chi connectivity index (χ1v) is 6.74. The molecule has 7 heteroatoms. The van der Waals surface area contributed by atoms with E-state index in [9.17, 15) is 9.59 Å². The SMILES string of the molecule is CCN(CC)CCOC(=O)c1ccc(N)cc1OC(N)=O. The summed E-state index contributed by atoms with van der Waals surface area (Å²) < 4.78 is 9.94. The van der Waals surface area contributed by atoms with E-state index in [2.05, 4.69) is 4.90 Å². The van der Waals surface area contributed by atoms with Crippen LogP contribution >= 0.6 is 0 Å². The molecule has 0 atom stereocenters. The van der Waals surface area contributed by atoms with Gasteiger partial charge in [-0.05, 0) is 25.2 Å². The van der Waals surface area contributed by atoms with E-state index in [0.29, 0.717) is 12.2 Å². The molecule has 0 aliphatic carbocycles. The van der Waals surface area contributed by atoms with E-state index < -0.39 is 12.1 Å². The number of hydrogen-bond acceptors (Lipinski definition) is 6. The summed E-state index contributed by atoms with van der Waals surface area (Å²) in [5, 5.41) is 0. The van der Waals surface area contributed by atoms with Gasteiger partial charge in [-0.15, -0.1) is 0 Å². The quantitative estimate of drug-likeness (QED) is 0.578. The molecule has 0 spiro atoms. The number of benzene rings is 1. The maximum atomic E-state index is 12.0. The van der Waals surface area contributed by atoms with Crippen LogP contribution in [0.5, 0.6) is 5.75 Å². The third-order valence-electron chi connectivity index (χ3n) is 2.97. The normalized spacial score (nSPS) is 10.4. The number of hydrogen-bond donors (Lipinski definition) is 2. The number of amides is 1. The lowest BCUT2D eigenvalue weighted by Crippen LogP contribution is -2.28. The lowest BCUT2D eigenvalue weighted by atomic mass is 10.2. The van der Waals surface area contributed by atoms with Crippen molar-refractivity contribution in [2.45, 2.75) is 13.8 Å². The summed E-state index contributed by atoms with van der Waals surface area (Å²) in [4.78, 5) is 25.0. The molecule has 116 valence electrons. The molecule has 1 amide bonds. The van der Waals surface area contributed by atoms with Crippen molar-refractivity contribution in [2.24, 2.45) is 5.73 Å². The van der Waals surface area contributed by atoms with Crippen LogP contribution in [0.4, 0.5) is 10.5 Å². The average molecular weight is 295 g/mol. The fraction of sp³-hybridized carbons (Fsp3) is 0.429. The van der Waals surface area contributed by atoms with Crippen molar-refractivity contribution in [3.05, 3.63) is 23.8 Å². The zero-order valence-corrected chi connectivity index (χ0v) is 12.3. The lowest BCUT2D eigenvalue weighted by molar-refractivity contribution is 0.0464. The zero-order chi connectivity index (χ0) is 15.8. The number of nitrogen functional groups attached to an aromatic ring is 1. The molecule has 21 heavy (non-hydrogen) atoms. The topological polar surface area (TPSA) is 108 Å². The minimum absolute atomic E-state index is 0.00432. The highest BCUT2D eigenvalue weighted by Gasteiger charge is 2.16. The van der Waals surface area contributed by atoms with E-state index in [-0.39, 0.29) is 17.9 Å². The molecule has 1 aromatic carbocycles. The third kappa shape index (κ3) is 5.31. The van der Waals surface area contributed by atoms with E-state index in [1.54, 1.807) is 0 Å². The molecule has 0 bridgehead atoms. The minimum Gasteiger partial charge on any atom is -0.461 e. The van der Waals surface area contributed by atoms with E-state index in [0.717, 1.165) is 13.1 Å². The molecule has 1 rings (SSSR count). The number of esters is 1. The minimum atomic E-state index is -1.02. The van der Waals surface area contributed by atoms with Crippen LogP contribution in [0.1, 0.15) is 24.2 Å². The molecular formula is C14H21N3O4. The second-order valence-corrected chi connectivity index (χ2v) is 4.34. The molecule has 0 saturated heterocycles. The number of rotatable bonds is 7. The monoisotopic (exact) mass is 295 g/mol. The molecule has 1 aromatic rings. The predicted molar refractivity (Wildman–Crippen MR) is 79.1 cm³/mol. The molecule has 0 radical (unpaired) electrons. The Morgan fingerprint density at radius 3 is 2.48 bits per heavy atom. The largest absolute Gasteiger partial charge is 0.461 e. The summed E-state index contributed by atoms with van der Waals surface area (Å²) in [5.41, 5.74) is 11.0. The van der Waals surface area contributed by atoms with Gasteiger partial charge in [0.25, 0.3) is 0 Å². The second-order valence-electron chi connectivity index (χ2n) is 4.34. The lowest BCUT2D eigenvalue weighted by Gasteiger charge is -2.17. The summed E-state index contributed by atoms with van der Waals surface area (Å²) >= 11 is 0. The number of carbonyl (C=O) groups excluding carboxylic acids is 2. The second kappa shape index (κ2) is 8.11. The Balaban J connectivity index is 2.71. The fourth-order valence-corrected chi connectivity index (χ4v) is 1.79. The molecule has 4 N–H and O–H groups in total. The van der Waals surface area contributed by atoms with Crippen LogP contribution in [-0.4, -0.2) is 43.2 Å². The van der Waals surface area contributed by atoms with Gasteiger partial charge in [0.1, 0.15) is 17.9 Å². The van der Waals surface area contributed by atoms with Crippen LogP contribution in [0.3, 0.4) is 0 Å². The number of anilines is 1. The van der Waals surface area contributed by atoms with Crippen LogP contribution < -0.4 is 16.2 Å². The maximum Gasteiger partial charge on any atom is 0.409 e. The molecule has 0 fully saturated rings. The van der Waals surface area contributed by atoms with Crippen LogP contribution in [-0.2, 0) is 4.74 Å². The molecule has 0 aromatic heterocycles. The number of nitrogens with two attached hydrogens (primary N) is 2. The van der Waals surface area contributed by atoms with Gasteiger partial charge in [0, 0.05) is 18.3 Å². The van der Waals surface area contributed by atoms with Crippen LogP contribution in [0.15, 0.2) is 18.2 Å². The number of primary amides is 1. The Hall–Kier alpha value is -2.28. The van der Waals surface area contributed by atoms with Crippen molar-refractivity contribution in [3.8, 4) is 5.75 Å². The molecule has 0 aliphatic heterocycles. The van der Waals surface area contributed by atoms with E-state index in [1.165, 1.54) is 18.2 Å². The molecular weight excluding hydrogens is 274 g/mol. The average Bonchev–Trinajstić information content (AvgIpc) is 2.43. The van der Waals surface area contributed by atoms with Crippen molar-refractivity contribution in [2.75, 3.05) is 32.0 Å². The molecule has 0 heterocycles. The van der Waals surface area contributed by atoms with Gasteiger partial charge >= 0.3 is 12.1 Å². The fourth-order valence-electron chi connectivity index (χ4n) is 1.79. The standard InChI is InChI=1S/C14H21N3O4/c1-3-17(4-2)7-8-20-13(18)11-6-5-10(15)9-12(11)21-14(16)19/h5-6,9H,3-4,7-8,15H2,1-2H3,(H2,16,19). The Morgan fingerprint density at radius 2 is 1.90 bits per heavy atom. The number of nitrogens with zero attached hydrogens (tertiary/aromatic N) is 1. The maximum absolute atomic E-state index is 12.0. The molecule has 0 saturated carbocycles. The van der Waals surface area contributed by atoms with Gasteiger partial charge in [0.2, 0.25) is 0 Å². The van der Waals surface area contributed by atoms with Gasteiger partial charge in [-0.1, -0.05) is 13.8 Å². The molecule has 7 nitrogen and oxygen atoms in total. The number of ether oxygens (including phenoxy) is 2. The van der Waals surface area contributed by atoms with Gasteiger partial charge in [0.15, 0.2) is 0 Å². The van der Waals surface area contributed by atoms with Gasteiger partial charge in [-0.25, -0.2) is 9.59 Å². The highest BCUT2D eigenvalue weighted by molar-refractivity contribution is 5.94. The summed E-state index contributed by atoms with van der Waals surface area (Å²) in [6, 6.07) is 4.31. The van der Waals surface area contributed by atoms with E-state index in [4.69, 9.17) is 20.9 Å². The third-order valence-corrected chi connectivity index (χ3v) is 2.97. The van der Waals surface area contributed by atoms with Gasteiger partial charge in [-0.3, -0.25) is 0 Å². The Kier molecular flexibility index (Phi) is 6.48. The van der Waals surface area contributed by atoms with Gasteiger partial charge in [-0.2, -0.15) is 0 Å². The van der Waals surface area contributed by atoms with E-state index >= 15 is 0 Å². The molecule has 0 aliphatic rings. The zero-order valence-electron chi connectivity index (χ0n) is 12.3. The van der Waals surface area contributed by atoms with Crippen molar-refractivity contribution in [1.82, 2.24) is 4.90 Å². The summed E-state index contributed by atoms with van der Waals surface area (Å²) in [6.45, 7) is 6.72. The smallest absolute Gasteiger partial charge is 0.409 e. The Morgan fingerprint density at radius 1 is 1.24 bits per heavy atom. The van der Waals surface area contributed by atoms with Crippen molar-refractivity contribution in [3.63, 3.8) is 0 Å². The predicted octanol–water partition coefficient (Wildman–Crippen LogP) is 1.22. The first-order valence-electron chi connectivity index (χ1n) is 6.74. The van der Waals surface area contributed by atoms with E-state index in [1.807, 2.05) is 13.8 Å². The van der Waals surface area contributed by atoms with Crippen molar-refractivity contribution in [1.29, 1.82) is 0 Å². The van der Waals surface area contributed by atoms with Crippen molar-refractivity contribution < 1.29 is 19.1 Å². The summed E-state index contributed by atoms with van der Waals surface area (Å²) in [6.07, 6.45) is -1.02. The van der Waals surface area contributed by atoms with Gasteiger partial charge < -0.3 is 25.8 Å².